The van der Waals surface area contributed by atoms with Crippen LogP contribution < -0.4 is 10.3 Å². The fraction of sp³-hybridized carbons (Fsp3) is 0.273. The third-order valence-electron chi connectivity index (χ3n) is 5.03. The number of rotatable bonds is 8. The van der Waals surface area contributed by atoms with Crippen molar-refractivity contribution in [3.8, 4) is 11.4 Å². The van der Waals surface area contributed by atoms with Gasteiger partial charge in [-0.25, -0.2) is 13.1 Å². The molecular formula is C22H25ClN4O4S. The molecule has 1 aromatic heterocycles. The average Bonchev–Trinajstić information content (AvgIpc) is 3.07. The lowest BCUT2D eigenvalue weighted by Gasteiger charge is -2.18. The van der Waals surface area contributed by atoms with Crippen molar-refractivity contribution in [1.82, 2.24) is 14.1 Å². The number of aryl methyl sites for hydroxylation is 1. The van der Waals surface area contributed by atoms with E-state index >= 15 is 0 Å². The number of aliphatic imine (C=N–C) groups is 1. The number of methoxy groups -OCH3 is 1. The quantitative estimate of drug-likeness (QED) is 0.498. The predicted molar refractivity (Wildman–Crippen MR) is 126 cm³/mol. The summed E-state index contributed by atoms with van der Waals surface area (Å²) >= 11 is 6.07. The first kappa shape index (κ1) is 23.8. The molecule has 0 aliphatic carbocycles. The first-order valence-corrected chi connectivity index (χ1v) is 11.8. The SMILES string of the molecule is CCN(CC)S(=O)(=O)c1ccc(N=Cc2c(C)[nH]n(-c3ccc(Cl)c(OC)c3)c2=O)cc1. The predicted octanol–water partition coefficient (Wildman–Crippen LogP) is 3.92. The minimum Gasteiger partial charge on any atom is -0.495 e. The largest absolute Gasteiger partial charge is 0.495 e. The summed E-state index contributed by atoms with van der Waals surface area (Å²) in [5.41, 5.74) is 1.84. The molecule has 0 saturated heterocycles. The van der Waals surface area contributed by atoms with Gasteiger partial charge in [-0.3, -0.25) is 14.9 Å². The molecule has 1 heterocycles. The number of hydrogen-bond donors (Lipinski definition) is 1. The molecule has 0 fully saturated rings. The number of benzene rings is 2. The highest BCUT2D eigenvalue weighted by Gasteiger charge is 2.21. The van der Waals surface area contributed by atoms with Gasteiger partial charge in [0.2, 0.25) is 10.0 Å². The Morgan fingerprint density at radius 3 is 2.41 bits per heavy atom. The Morgan fingerprint density at radius 2 is 1.81 bits per heavy atom. The van der Waals surface area contributed by atoms with Crippen LogP contribution in [0.2, 0.25) is 5.02 Å². The van der Waals surface area contributed by atoms with Crippen LogP contribution in [0.5, 0.6) is 5.75 Å². The molecule has 32 heavy (non-hydrogen) atoms. The lowest BCUT2D eigenvalue weighted by molar-refractivity contribution is 0.414. The molecule has 8 nitrogen and oxygen atoms in total. The smallest absolute Gasteiger partial charge is 0.280 e. The number of aromatic nitrogens is 2. The summed E-state index contributed by atoms with van der Waals surface area (Å²) in [6.07, 6.45) is 1.46. The molecule has 0 bridgehead atoms. The van der Waals surface area contributed by atoms with Gasteiger partial charge in [-0.2, -0.15) is 4.31 Å². The Morgan fingerprint density at radius 1 is 1.16 bits per heavy atom. The Kier molecular flexibility index (Phi) is 7.22. The van der Waals surface area contributed by atoms with Crippen LogP contribution in [0.1, 0.15) is 25.1 Å². The van der Waals surface area contributed by atoms with Gasteiger partial charge in [0.15, 0.2) is 0 Å². The van der Waals surface area contributed by atoms with Gasteiger partial charge in [0, 0.05) is 31.1 Å². The maximum absolute atomic E-state index is 12.9. The minimum atomic E-state index is -3.53. The standard InChI is InChI=1S/C22H25ClN4O4S/c1-5-26(6-2)32(29,30)18-10-7-16(8-11-18)24-14-19-15(3)25-27(22(19)28)17-9-12-20(23)21(13-17)31-4/h7-14,25H,5-6H2,1-4H3. The number of sulfonamides is 1. The van der Waals surface area contributed by atoms with Gasteiger partial charge in [-0.15, -0.1) is 0 Å². The van der Waals surface area contributed by atoms with E-state index in [9.17, 15) is 13.2 Å². The maximum Gasteiger partial charge on any atom is 0.280 e. The van der Waals surface area contributed by atoms with Crippen molar-refractivity contribution in [1.29, 1.82) is 0 Å². The maximum atomic E-state index is 12.9. The number of halogens is 1. The van der Waals surface area contributed by atoms with E-state index in [0.29, 0.717) is 46.5 Å². The van der Waals surface area contributed by atoms with Crippen molar-refractivity contribution < 1.29 is 13.2 Å². The van der Waals surface area contributed by atoms with E-state index in [4.69, 9.17) is 16.3 Å². The Bertz CT molecular complexity index is 1290. The topological polar surface area (TPSA) is 96.8 Å². The number of ether oxygens (including phenoxy) is 1. The number of H-pyrrole nitrogens is 1. The Hall–Kier alpha value is -2.88. The second-order valence-corrected chi connectivity index (χ2v) is 9.30. The number of nitrogens with one attached hydrogen (secondary N) is 1. The molecule has 0 radical (unpaired) electrons. The summed E-state index contributed by atoms with van der Waals surface area (Å²) in [4.78, 5) is 17.5. The lowest BCUT2D eigenvalue weighted by Crippen LogP contribution is -2.30. The highest BCUT2D eigenvalue weighted by molar-refractivity contribution is 7.89. The van der Waals surface area contributed by atoms with Crippen LogP contribution in [-0.2, 0) is 10.0 Å². The highest BCUT2D eigenvalue weighted by atomic mass is 35.5. The minimum absolute atomic E-state index is 0.206. The summed E-state index contributed by atoms with van der Waals surface area (Å²) in [7, 11) is -2.03. The van der Waals surface area contributed by atoms with E-state index in [1.54, 1.807) is 51.1 Å². The van der Waals surface area contributed by atoms with E-state index in [0.717, 1.165) is 0 Å². The van der Waals surface area contributed by atoms with Crippen molar-refractivity contribution >= 4 is 33.5 Å². The van der Waals surface area contributed by atoms with E-state index < -0.39 is 10.0 Å². The average molecular weight is 477 g/mol. The molecule has 2 aromatic carbocycles. The zero-order chi connectivity index (χ0) is 23.5. The molecule has 0 aliphatic rings. The first-order chi connectivity index (χ1) is 15.2. The van der Waals surface area contributed by atoms with E-state index in [1.807, 2.05) is 0 Å². The molecule has 170 valence electrons. The Balaban J connectivity index is 1.89. The van der Waals surface area contributed by atoms with Crippen LogP contribution in [0.15, 0.2) is 57.1 Å². The van der Waals surface area contributed by atoms with Crippen LogP contribution in [0.25, 0.3) is 5.69 Å². The lowest BCUT2D eigenvalue weighted by atomic mass is 10.2. The van der Waals surface area contributed by atoms with Gasteiger partial charge in [0.05, 0.1) is 34.0 Å². The molecule has 0 atom stereocenters. The molecular weight excluding hydrogens is 452 g/mol. The van der Waals surface area contributed by atoms with Gasteiger partial charge in [0.1, 0.15) is 5.75 Å². The van der Waals surface area contributed by atoms with E-state index in [-0.39, 0.29) is 10.5 Å². The van der Waals surface area contributed by atoms with Gasteiger partial charge in [-0.1, -0.05) is 25.4 Å². The molecule has 0 saturated carbocycles. The first-order valence-electron chi connectivity index (χ1n) is 10.0. The Labute approximate surface area is 192 Å². The third-order valence-corrected chi connectivity index (χ3v) is 7.41. The summed E-state index contributed by atoms with van der Waals surface area (Å²) in [5.74, 6) is 0.457. The second kappa shape index (κ2) is 9.72. The van der Waals surface area contributed by atoms with Crippen molar-refractivity contribution in [2.24, 2.45) is 4.99 Å². The van der Waals surface area contributed by atoms with Crippen LogP contribution in [0, 0.1) is 6.92 Å². The summed E-state index contributed by atoms with van der Waals surface area (Å²) < 4.78 is 33.2. The van der Waals surface area contributed by atoms with Crippen molar-refractivity contribution in [3.05, 3.63) is 69.1 Å². The summed E-state index contributed by atoms with van der Waals surface area (Å²) in [6, 6.07) is 11.3. The zero-order valence-electron chi connectivity index (χ0n) is 18.3. The number of aromatic amines is 1. The van der Waals surface area contributed by atoms with Crippen LogP contribution in [0.3, 0.4) is 0 Å². The number of nitrogens with zero attached hydrogens (tertiary/aromatic N) is 3. The zero-order valence-corrected chi connectivity index (χ0v) is 19.9. The molecule has 3 aromatic rings. The second-order valence-electron chi connectivity index (χ2n) is 6.95. The highest BCUT2D eigenvalue weighted by Crippen LogP contribution is 2.26. The van der Waals surface area contributed by atoms with Crippen molar-refractivity contribution in [2.75, 3.05) is 20.2 Å². The molecule has 0 unspecified atom stereocenters. The third kappa shape index (κ3) is 4.64. The van der Waals surface area contributed by atoms with Gasteiger partial charge >= 0.3 is 0 Å². The van der Waals surface area contributed by atoms with Gasteiger partial charge in [-0.05, 0) is 43.3 Å². The van der Waals surface area contributed by atoms with Crippen molar-refractivity contribution in [2.45, 2.75) is 25.7 Å². The summed E-state index contributed by atoms with van der Waals surface area (Å²) in [6.45, 7) is 6.17. The van der Waals surface area contributed by atoms with Gasteiger partial charge in [0.25, 0.3) is 5.56 Å². The fourth-order valence-corrected chi connectivity index (χ4v) is 4.89. The normalized spacial score (nSPS) is 12.1. The van der Waals surface area contributed by atoms with E-state index in [1.165, 1.54) is 34.4 Å². The summed E-state index contributed by atoms with van der Waals surface area (Å²) in [5, 5.41) is 3.47. The molecule has 0 aliphatic heterocycles. The molecule has 0 spiro atoms. The van der Waals surface area contributed by atoms with E-state index in [2.05, 4.69) is 10.1 Å². The molecule has 10 heteroatoms. The van der Waals surface area contributed by atoms with Crippen molar-refractivity contribution in [3.63, 3.8) is 0 Å². The molecule has 1 N–H and O–H groups in total. The molecule has 0 amide bonds. The monoisotopic (exact) mass is 476 g/mol. The fourth-order valence-electron chi connectivity index (χ4n) is 3.24. The van der Waals surface area contributed by atoms with Gasteiger partial charge < -0.3 is 4.74 Å². The van der Waals surface area contributed by atoms with Crippen LogP contribution in [-0.4, -0.2) is 48.9 Å². The molecule has 3 rings (SSSR count). The van der Waals surface area contributed by atoms with Crippen LogP contribution in [0.4, 0.5) is 5.69 Å². The van der Waals surface area contributed by atoms with Crippen LogP contribution >= 0.6 is 11.6 Å². The number of hydrogen-bond acceptors (Lipinski definition) is 5.